The van der Waals surface area contributed by atoms with E-state index < -0.39 is 0 Å². The highest BCUT2D eigenvalue weighted by Crippen LogP contribution is 2.17. The summed E-state index contributed by atoms with van der Waals surface area (Å²) in [5, 5.41) is 0. The van der Waals surface area contributed by atoms with Crippen molar-refractivity contribution < 1.29 is 9.47 Å². The van der Waals surface area contributed by atoms with Crippen LogP contribution in [0.15, 0.2) is 30.3 Å². The lowest BCUT2D eigenvalue weighted by Gasteiger charge is -2.17. The van der Waals surface area contributed by atoms with Crippen molar-refractivity contribution in [2.45, 2.75) is 25.5 Å². The lowest BCUT2D eigenvalue weighted by molar-refractivity contribution is 0.107. The highest BCUT2D eigenvalue weighted by atomic mass is 16.5. The first-order chi connectivity index (χ1) is 8.36. The van der Waals surface area contributed by atoms with Crippen LogP contribution in [0.1, 0.15) is 18.4 Å². The first-order valence-electron chi connectivity index (χ1n) is 6.31. The van der Waals surface area contributed by atoms with E-state index in [9.17, 15) is 0 Å². The molecule has 0 spiro atoms. The second-order valence-electron chi connectivity index (χ2n) is 4.61. The Morgan fingerprint density at radius 2 is 2.18 bits per heavy atom. The van der Waals surface area contributed by atoms with Gasteiger partial charge in [-0.2, -0.15) is 0 Å². The summed E-state index contributed by atoms with van der Waals surface area (Å²) in [4.78, 5) is 0. The van der Waals surface area contributed by atoms with Crippen LogP contribution < -0.4 is 5.73 Å². The fourth-order valence-electron chi connectivity index (χ4n) is 2.11. The lowest BCUT2D eigenvalue weighted by atomic mass is 9.98. The minimum atomic E-state index is 0.216. The third-order valence-electron chi connectivity index (χ3n) is 3.28. The van der Waals surface area contributed by atoms with Crippen LogP contribution in [0.25, 0.3) is 0 Å². The molecule has 1 aliphatic rings. The van der Waals surface area contributed by atoms with Crippen LogP contribution in [0.2, 0.25) is 0 Å². The fraction of sp³-hybridized carbons (Fsp3) is 0.571. The number of hydrogen-bond acceptors (Lipinski definition) is 3. The molecule has 0 aliphatic carbocycles. The summed E-state index contributed by atoms with van der Waals surface area (Å²) >= 11 is 0. The van der Waals surface area contributed by atoms with E-state index in [0.717, 1.165) is 32.7 Å². The molecule has 3 heteroatoms. The smallest absolute Gasteiger partial charge is 0.0716 e. The van der Waals surface area contributed by atoms with Crippen molar-refractivity contribution in [3.8, 4) is 0 Å². The molecular weight excluding hydrogens is 214 g/mol. The zero-order chi connectivity index (χ0) is 11.9. The molecule has 94 valence electrons. The van der Waals surface area contributed by atoms with Crippen LogP contribution in [-0.2, 0) is 16.1 Å². The third kappa shape index (κ3) is 4.11. The van der Waals surface area contributed by atoms with E-state index in [1.807, 2.05) is 18.2 Å². The molecule has 1 fully saturated rings. The van der Waals surface area contributed by atoms with Gasteiger partial charge in [0.05, 0.1) is 13.2 Å². The van der Waals surface area contributed by atoms with E-state index in [2.05, 4.69) is 12.1 Å². The summed E-state index contributed by atoms with van der Waals surface area (Å²) < 4.78 is 11.0. The summed E-state index contributed by atoms with van der Waals surface area (Å²) in [6.45, 7) is 3.09. The van der Waals surface area contributed by atoms with Crippen LogP contribution in [0.3, 0.4) is 0 Å². The molecule has 0 radical (unpaired) electrons. The van der Waals surface area contributed by atoms with E-state index >= 15 is 0 Å². The average Bonchev–Trinajstić information content (AvgIpc) is 2.89. The molecule has 2 rings (SSSR count). The molecule has 2 N–H and O–H groups in total. The van der Waals surface area contributed by atoms with Gasteiger partial charge < -0.3 is 15.2 Å². The summed E-state index contributed by atoms with van der Waals surface area (Å²) in [6.07, 6.45) is 2.01. The molecule has 3 nitrogen and oxygen atoms in total. The Bertz CT molecular complexity index is 309. The largest absolute Gasteiger partial charge is 0.381 e. The Labute approximate surface area is 103 Å². The molecule has 1 heterocycles. The Kier molecular flexibility index (Phi) is 4.98. The van der Waals surface area contributed by atoms with Gasteiger partial charge in [0.25, 0.3) is 0 Å². The molecule has 2 unspecified atom stereocenters. The van der Waals surface area contributed by atoms with Gasteiger partial charge in [0.15, 0.2) is 0 Å². The number of nitrogens with two attached hydrogens (primary N) is 1. The van der Waals surface area contributed by atoms with Gasteiger partial charge in [0.2, 0.25) is 0 Å². The van der Waals surface area contributed by atoms with Crippen molar-refractivity contribution in [2.75, 3.05) is 19.8 Å². The first kappa shape index (κ1) is 12.6. The fourth-order valence-corrected chi connectivity index (χ4v) is 2.11. The number of benzene rings is 1. The summed E-state index contributed by atoms with van der Waals surface area (Å²) in [7, 11) is 0. The van der Waals surface area contributed by atoms with Gasteiger partial charge >= 0.3 is 0 Å². The monoisotopic (exact) mass is 235 g/mol. The molecule has 0 amide bonds. The topological polar surface area (TPSA) is 44.5 Å². The summed E-state index contributed by atoms with van der Waals surface area (Å²) in [6, 6.07) is 10.4. The van der Waals surface area contributed by atoms with Crippen molar-refractivity contribution in [2.24, 2.45) is 11.7 Å². The minimum absolute atomic E-state index is 0.216. The maximum absolute atomic E-state index is 6.10. The van der Waals surface area contributed by atoms with Crippen LogP contribution in [0.5, 0.6) is 0 Å². The van der Waals surface area contributed by atoms with E-state index in [-0.39, 0.29) is 6.04 Å². The standard InChI is InChI=1S/C14H21NO2/c15-14(13-6-8-17-11-13)7-9-16-10-12-4-2-1-3-5-12/h1-5,13-14H,6-11,15H2. The van der Waals surface area contributed by atoms with E-state index in [1.165, 1.54) is 5.56 Å². The van der Waals surface area contributed by atoms with Crippen LogP contribution in [0.4, 0.5) is 0 Å². The van der Waals surface area contributed by atoms with Crippen LogP contribution >= 0.6 is 0 Å². The quantitative estimate of drug-likeness (QED) is 0.767. The maximum atomic E-state index is 6.10. The van der Waals surface area contributed by atoms with Crippen molar-refractivity contribution in [1.29, 1.82) is 0 Å². The van der Waals surface area contributed by atoms with Crippen molar-refractivity contribution >= 4 is 0 Å². The molecule has 1 aromatic rings. The first-order valence-corrected chi connectivity index (χ1v) is 6.31. The molecule has 2 atom stereocenters. The molecule has 0 aromatic heterocycles. The summed E-state index contributed by atoms with van der Waals surface area (Å²) in [5.41, 5.74) is 7.31. The second kappa shape index (κ2) is 6.74. The van der Waals surface area contributed by atoms with Gasteiger partial charge in [-0.25, -0.2) is 0 Å². The van der Waals surface area contributed by atoms with Gasteiger partial charge in [-0.15, -0.1) is 0 Å². The number of rotatable bonds is 6. The molecule has 1 saturated heterocycles. The zero-order valence-electron chi connectivity index (χ0n) is 10.2. The summed E-state index contributed by atoms with van der Waals surface area (Å²) in [5.74, 6) is 0.523. The Hall–Kier alpha value is -0.900. The second-order valence-corrected chi connectivity index (χ2v) is 4.61. The molecule has 0 saturated carbocycles. The number of ether oxygens (including phenoxy) is 2. The lowest BCUT2D eigenvalue weighted by Crippen LogP contribution is -2.31. The van der Waals surface area contributed by atoms with Crippen molar-refractivity contribution in [3.63, 3.8) is 0 Å². The van der Waals surface area contributed by atoms with Gasteiger partial charge in [-0.1, -0.05) is 30.3 Å². The predicted molar refractivity (Wildman–Crippen MR) is 67.6 cm³/mol. The van der Waals surface area contributed by atoms with Crippen molar-refractivity contribution in [1.82, 2.24) is 0 Å². The Balaban J connectivity index is 1.59. The maximum Gasteiger partial charge on any atom is 0.0716 e. The predicted octanol–water partition coefficient (Wildman–Crippen LogP) is 1.96. The van der Waals surface area contributed by atoms with Gasteiger partial charge in [0, 0.05) is 19.3 Å². The average molecular weight is 235 g/mol. The Morgan fingerprint density at radius 1 is 1.35 bits per heavy atom. The van der Waals surface area contributed by atoms with Gasteiger partial charge in [0.1, 0.15) is 0 Å². The third-order valence-corrected chi connectivity index (χ3v) is 3.28. The SMILES string of the molecule is NC(CCOCc1ccccc1)C1CCOC1. The van der Waals surface area contributed by atoms with Gasteiger partial charge in [-0.05, 0) is 24.3 Å². The van der Waals surface area contributed by atoms with Crippen LogP contribution in [-0.4, -0.2) is 25.9 Å². The number of hydrogen-bond donors (Lipinski definition) is 1. The van der Waals surface area contributed by atoms with Gasteiger partial charge in [-0.3, -0.25) is 0 Å². The Morgan fingerprint density at radius 3 is 2.88 bits per heavy atom. The highest BCUT2D eigenvalue weighted by molar-refractivity contribution is 5.13. The normalized spacial score (nSPS) is 21.6. The molecule has 0 bridgehead atoms. The minimum Gasteiger partial charge on any atom is -0.381 e. The zero-order valence-corrected chi connectivity index (χ0v) is 10.2. The molecule has 1 aliphatic heterocycles. The van der Waals surface area contributed by atoms with E-state index in [4.69, 9.17) is 15.2 Å². The molecule has 17 heavy (non-hydrogen) atoms. The van der Waals surface area contributed by atoms with E-state index in [0.29, 0.717) is 12.5 Å². The van der Waals surface area contributed by atoms with E-state index in [1.54, 1.807) is 0 Å². The molecular formula is C14H21NO2. The van der Waals surface area contributed by atoms with Crippen LogP contribution in [0, 0.1) is 5.92 Å². The molecule has 1 aromatic carbocycles. The van der Waals surface area contributed by atoms with Crippen molar-refractivity contribution in [3.05, 3.63) is 35.9 Å². The highest BCUT2D eigenvalue weighted by Gasteiger charge is 2.22.